The molecule has 4 rings (SSSR count). The standard InChI is InChI=1S/C22H16N2O2S4/c25-19-17(29-21(27)23(19)13-15-7-3-1-4-8-15)11-12-18-20(26)24(22(28)30-18)14-16-9-5-2-6-10-16/h1-12H,13-14H2/b17-11-,18-12+. The van der Waals surface area contributed by atoms with Crippen molar-refractivity contribution in [3.63, 3.8) is 0 Å². The Morgan fingerprint density at radius 3 is 1.40 bits per heavy atom. The molecule has 0 unspecified atom stereocenters. The minimum absolute atomic E-state index is 0.148. The van der Waals surface area contributed by atoms with E-state index >= 15 is 0 Å². The van der Waals surface area contributed by atoms with Crippen LogP contribution in [-0.4, -0.2) is 30.3 Å². The third kappa shape index (κ3) is 4.57. The van der Waals surface area contributed by atoms with E-state index in [0.29, 0.717) is 31.5 Å². The number of carbonyl (C=O) groups is 2. The maximum absolute atomic E-state index is 12.8. The summed E-state index contributed by atoms with van der Waals surface area (Å²) in [5.41, 5.74) is 2.02. The van der Waals surface area contributed by atoms with Gasteiger partial charge >= 0.3 is 0 Å². The smallest absolute Gasteiger partial charge is 0.266 e. The van der Waals surface area contributed by atoms with Crippen LogP contribution in [0.2, 0.25) is 0 Å². The minimum Gasteiger partial charge on any atom is -0.288 e. The van der Waals surface area contributed by atoms with Crippen molar-refractivity contribution >= 4 is 68.4 Å². The number of nitrogens with zero attached hydrogens (tertiary/aromatic N) is 2. The lowest BCUT2D eigenvalue weighted by atomic mass is 10.2. The van der Waals surface area contributed by atoms with Crippen LogP contribution in [0.4, 0.5) is 0 Å². The van der Waals surface area contributed by atoms with Gasteiger partial charge in [0.15, 0.2) is 0 Å². The van der Waals surface area contributed by atoms with Crippen molar-refractivity contribution in [2.24, 2.45) is 0 Å². The van der Waals surface area contributed by atoms with Crippen molar-refractivity contribution in [1.82, 2.24) is 9.80 Å². The summed E-state index contributed by atoms with van der Waals surface area (Å²) in [5, 5.41) is 0. The molecule has 2 aliphatic rings. The van der Waals surface area contributed by atoms with Crippen molar-refractivity contribution in [3.8, 4) is 0 Å². The number of rotatable bonds is 5. The van der Waals surface area contributed by atoms with Gasteiger partial charge in [-0.15, -0.1) is 0 Å². The van der Waals surface area contributed by atoms with Crippen LogP contribution in [0.5, 0.6) is 0 Å². The maximum atomic E-state index is 12.8. The van der Waals surface area contributed by atoms with Gasteiger partial charge in [-0.25, -0.2) is 0 Å². The molecule has 2 saturated heterocycles. The van der Waals surface area contributed by atoms with Crippen molar-refractivity contribution in [2.75, 3.05) is 0 Å². The van der Waals surface area contributed by atoms with Crippen LogP contribution in [0.3, 0.4) is 0 Å². The maximum Gasteiger partial charge on any atom is 0.266 e. The Morgan fingerprint density at radius 1 is 0.667 bits per heavy atom. The predicted molar refractivity (Wildman–Crippen MR) is 131 cm³/mol. The van der Waals surface area contributed by atoms with Crippen molar-refractivity contribution in [2.45, 2.75) is 13.1 Å². The van der Waals surface area contributed by atoms with E-state index in [9.17, 15) is 9.59 Å². The molecule has 2 aliphatic heterocycles. The molecule has 0 aliphatic carbocycles. The lowest BCUT2D eigenvalue weighted by molar-refractivity contribution is -0.123. The van der Waals surface area contributed by atoms with Crippen LogP contribution in [-0.2, 0) is 22.7 Å². The lowest BCUT2D eigenvalue weighted by Gasteiger charge is -2.14. The Balaban J connectivity index is 1.47. The molecule has 2 aromatic carbocycles. The molecule has 0 radical (unpaired) electrons. The fraction of sp³-hybridized carbons (Fsp3) is 0.0909. The summed E-state index contributed by atoms with van der Waals surface area (Å²) < 4.78 is 1.03. The quantitative estimate of drug-likeness (QED) is 0.460. The molecule has 4 nitrogen and oxygen atoms in total. The monoisotopic (exact) mass is 468 g/mol. The molecular formula is C22H16N2O2S4. The number of hydrogen-bond acceptors (Lipinski definition) is 6. The Morgan fingerprint density at radius 2 is 1.03 bits per heavy atom. The zero-order chi connectivity index (χ0) is 21.1. The molecule has 2 fully saturated rings. The molecule has 8 heteroatoms. The van der Waals surface area contributed by atoms with E-state index in [0.717, 1.165) is 11.1 Å². The summed E-state index contributed by atoms with van der Waals surface area (Å²) >= 11 is 13.3. The molecule has 2 amide bonds. The molecule has 0 aromatic heterocycles. The Kier molecular flexibility index (Phi) is 6.48. The molecule has 150 valence electrons. The van der Waals surface area contributed by atoms with E-state index in [1.54, 1.807) is 22.0 Å². The van der Waals surface area contributed by atoms with Gasteiger partial charge in [0.1, 0.15) is 8.64 Å². The number of benzene rings is 2. The third-order valence-corrected chi connectivity index (χ3v) is 7.29. The number of allylic oxidation sites excluding steroid dienone is 2. The highest BCUT2D eigenvalue weighted by molar-refractivity contribution is 8.27. The van der Waals surface area contributed by atoms with Crippen molar-refractivity contribution in [3.05, 3.63) is 93.8 Å². The topological polar surface area (TPSA) is 40.6 Å². The zero-order valence-electron chi connectivity index (χ0n) is 15.7. The second-order valence-electron chi connectivity index (χ2n) is 6.55. The number of amides is 2. The Bertz CT molecular complexity index is 993. The summed E-state index contributed by atoms with van der Waals surface area (Å²) in [4.78, 5) is 29.7. The first-order valence-corrected chi connectivity index (χ1v) is 11.5. The van der Waals surface area contributed by atoms with E-state index in [2.05, 4.69) is 0 Å². The highest BCUT2D eigenvalue weighted by atomic mass is 32.2. The van der Waals surface area contributed by atoms with Gasteiger partial charge in [-0.1, -0.05) is 109 Å². The van der Waals surface area contributed by atoms with E-state index in [4.69, 9.17) is 24.4 Å². The molecule has 30 heavy (non-hydrogen) atoms. The van der Waals surface area contributed by atoms with E-state index in [1.807, 2.05) is 60.7 Å². The summed E-state index contributed by atoms with van der Waals surface area (Å²) in [6.07, 6.45) is 3.33. The van der Waals surface area contributed by atoms with Gasteiger partial charge < -0.3 is 0 Å². The third-order valence-electron chi connectivity index (χ3n) is 4.50. The highest BCUT2D eigenvalue weighted by Crippen LogP contribution is 2.35. The van der Waals surface area contributed by atoms with Crippen LogP contribution < -0.4 is 0 Å². The fourth-order valence-corrected chi connectivity index (χ4v) is 5.38. The van der Waals surface area contributed by atoms with Crippen LogP contribution >= 0.6 is 48.0 Å². The summed E-state index contributed by atoms with van der Waals surface area (Å²) in [7, 11) is 0. The fourth-order valence-electron chi connectivity index (χ4n) is 2.98. The van der Waals surface area contributed by atoms with Gasteiger partial charge in [0.2, 0.25) is 0 Å². The van der Waals surface area contributed by atoms with Crippen LogP contribution in [0, 0.1) is 0 Å². The number of thioether (sulfide) groups is 2. The first kappa shape index (κ1) is 21.0. The average molecular weight is 469 g/mol. The van der Waals surface area contributed by atoms with Gasteiger partial charge in [0.05, 0.1) is 22.9 Å². The molecule has 0 bridgehead atoms. The summed E-state index contributed by atoms with van der Waals surface area (Å²) in [6.45, 7) is 0.865. The average Bonchev–Trinajstić information content (AvgIpc) is 3.18. The largest absolute Gasteiger partial charge is 0.288 e. The predicted octanol–water partition coefficient (Wildman–Crippen LogP) is 4.88. The lowest BCUT2D eigenvalue weighted by Crippen LogP contribution is -2.27. The molecule has 0 spiro atoms. The van der Waals surface area contributed by atoms with Gasteiger partial charge in [-0.05, 0) is 23.3 Å². The van der Waals surface area contributed by atoms with Crippen LogP contribution in [0.15, 0.2) is 82.6 Å². The van der Waals surface area contributed by atoms with Crippen LogP contribution in [0.1, 0.15) is 11.1 Å². The minimum atomic E-state index is -0.148. The number of hydrogen-bond donors (Lipinski definition) is 0. The van der Waals surface area contributed by atoms with Crippen molar-refractivity contribution < 1.29 is 9.59 Å². The second-order valence-corrected chi connectivity index (χ2v) is 9.90. The normalized spacial score (nSPS) is 19.6. The molecule has 2 aromatic rings. The van der Waals surface area contributed by atoms with E-state index < -0.39 is 0 Å². The van der Waals surface area contributed by atoms with Crippen LogP contribution in [0.25, 0.3) is 0 Å². The van der Waals surface area contributed by atoms with Gasteiger partial charge in [-0.2, -0.15) is 0 Å². The van der Waals surface area contributed by atoms with Crippen molar-refractivity contribution in [1.29, 1.82) is 0 Å². The van der Waals surface area contributed by atoms with E-state index in [-0.39, 0.29) is 11.8 Å². The molecule has 0 atom stereocenters. The highest BCUT2D eigenvalue weighted by Gasteiger charge is 2.34. The number of thiocarbonyl (C=S) groups is 2. The van der Waals surface area contributed by atoms with E-state index in [1.165, 1.54) is 23.5 Å². The SMILES string of the molecule is O=C1/C(=C/C=C2/SC(=S)N(Cc3ccccc3)C2=O)SC(=S)N1Cc1ccccc1. The first-order valence-electron chi connectivity index (χ1n) is 9.10. The molecule has 2 heterocycles. The Labute approximate surface area is 194 Å². The first-order chi connectivity index (χ1) is 14.5. The molecular weight excluding hydrogens is 453 g/mol. The molecule has 0 N–H and O–H groups in total. The Hall–Kier alpha value is -2.26. The molecule has 0 saturated carbocycles. The van der Waals surface area contributed by atoms with Gasteiger partial charge in [0, 0.05) is 0 Å². The van der Waals surface area contributed by atoms with Gasteiger partial charge in [-0.3, -0.25) is 19.4 Å². The number of carbonyl (C=O) groups excluding carboxylic acids is 2. The second kappa shape index (κ2) is 9.26. The summed E-state index contributed by atoms with van der Waals surface area (Å²) in [5.74, 6) is -0.297. The van der Waals surface area contributed by atoms with Gasteiger partial charge in [0.25, 0.3) is 11.8 Å². The summed E-state index contributed by atoms with van der Waals surface area (Å²) in [6, 6.07) is 19.4. The zero-order valence-corrected chi connectivity index (χ0v) is 19.0.